The molecule has 4 fully saturated rings. The number of ether oxygens (including phenoxy) is 7. The van der Waals surface area contributed by atoms with Crippen LogP contribution in [0.5, 0.6) is 11.5 Å². The lowest BCUT2D eigenvalue weighted by atomic mass is 9.94. The lowest BCUT2D eigenvalue weighted by Crippen LogP contribution is -2.50. The second-order valence-corrected chi connectivity index (χ2v) is 47.0. The van der Waals surface area contributed by atoms with E-state index >= 15 is 0 Å². The first-order chi connectivity index (χ1) is 58.0. The Morgan fingerprint density at radius 2 is 1.02 bits per heavy atom. The minimum absolute atomic E-state index is 0.0495. The molecule has 634 valence electrons. The Hall–Kier alpha value is -11.5. The number of carbonyl (C=O) groups is 2. The van der Waals surface area contributed by atoms with Gasteiger partial charge in [0.25, 0.3) is 0 Å². The minimum Gasteiger partial charge on any atom is -0.491 e. The number of aromatic amines is 2. The van der Waals surface area contributed by atoms with Crippen molar-refractivity contribution >= 4 is 127 Å². The first-order valence-electron chi connectivity index (χ1n) is 41.8. The number of esters is 1. The number of piperazine rings is 1. The van der Waals surface area contributed by atoms with Crippen LogP contribution in [0.2, 0.25) is 51.4 Å². The highest BCUT2D eigenvalue weighted by Crippen LogP contribution is 2.41. The summed E-state index contributed by atoms with van der Waals surface area (Å²) in [6, 6.07) is 26.2. The average Bonchev–Trinajstić information content (AvgIpc) is 1.61. The van der Waals surface area contributed by atoms with E-state index in [4.69, 9.17) is 53.6 Å². The van der Waals surface area contributed by atoms with Crippen LogP contribution in [0.4, 0.5) is 16.2 Å². The fraction of sp³-hybridized carbons (Fsp3) is 0.483. The van der Waals surface area contributed by atoms with Gasteiger partial charge in [0.05, 0.1) is 87.1 Å². The predicted octanol–water partition coefficient (Wildman–Crippen LogP) is 15.1. The molecule has 1 amide bonds. The van der Waals surface area contributed by atoms with E-state index in [-0.39, 0.29) is 24.1 Å². The van der Waals surface area contributed by atoms with Crippen molar-refractivity contribution in [3.05, 3.63) is 121 Å². The van der Waals surface area contributed by atoms with Gasteiger partial charge in [-0.3, -0.25) is 18.8 Å². The van der Waals surface area contributed by atoms with Crippen molar-refractivity contribution in [3.63, 3.8) is 0 Å². The number of pyridine rings is 8. The smallest absolute Gasteiger partial charge is 0.410 e. The van der Waals surface area contributed by atoms with Crippen molar-refractivity contribution in [2.75, 3.05) is 115 Å². The lowest BCUT2D eigenvalue weighted by Gasteiger charge is -2.37. The number of morpholine rings is 1. The second kappa shape index (κ2) is 38.1. The standard InChI is InChI=1S/C28H39N5O3Si.C26H36N6O3Si.C18H19N5O.C17H17N5O2/c1-28(2,3)36-25(34)14-20-8-7-11-32(18-20)23-9-10-30-27-26(23)22-15-21(16-29)31-17-24(22)33(27)19-35-12-13-37(4,5)6;1-26(2,3)35-25(33)31-11-9-30(10-12-31)21-7-8-28-24-23(21)20-15-19(16-27)29-17-22(20)32(24)18-34-13-14-36(4,5)6;1-2-23-7-3-4-13(23)11-24-16-5-6-20-18-17(16)14-8-12(9-19)21-10-15(14)22-18;1-22-4-5-23-12(9-22)10-24-15-2-3-19-17-16(15)13-6-11(7-18)20-8-14(13)21-17/h9-10,15,17,20H,7-8,11-14,18-19H2,1-6H3;7-8,15,17H,9-14,18H2,1-6H3;5-6,8,10,13H,2-4,7,11H2,1H3,(H,20,22);2-3,6,8,12H,4-5,9-10H2,1H3,(H,19,21)/t20-;;13-;12-/m1.01/s1. The van der Waals surface area contributed by atoms with Crippen molar-refractivity contribution in [2.24, 2.45) is 5.92 Å². The lowest BCUT2D eigenvalue weighted by molar-refractivity contribution is -0.156. The fourth-order valence-corrected chi connectivity index (χ4v) is 17.4. The van der Waals surface area contributed by atoms with Crippen molar-refractivity contribution in [2.45, 2.75) is 169 Å². The Balaban J connectivity index is 0.000000142. The third kappa shape index (κ3) is 21.6. The third-order valence-electron chi connectivity index (χ3n) is 21.9. The fourth-order valence-electron chi connectivity index (χ4n) is 15.8. The summed E-state index contributed by atoms with van der Waals surface area (Å²) in [6.45, 7) is 39.8. The highest BCUT2D eigenvalue weighted by Gasteiger charge is 2.32. The molecule has 0 saturated carbocycles. The monoisotopic (exact) mass is 1670 g/mol. The van der Waals surface area contributed by atoms with Crippen LogP contribution in [0, 0.1) is 51.2 Å². The molecule has 121 heavy (non-hydrogen) atoms. The van der Waals surface area contributed by atoms with E-state index in [1.165, 1.54) is 12.8 Å². The first kappa shape index (κ1) is 87.4. The van der Waals surface area contributed by atoms with Gasteiger partial charge in [-0.25, -0.2) is 44.7 Å². The summed E-state index contributed by atoms with van der Waals surface area (Å²) in [5, 5.41) is 44.7. The van der Waals surface area contributed by atoms with Crippen LogP contribution in [-0.2, 0) is 41.9 Å². The van der Waals surface area contributed by atoms with Crippen LogP contribution < -0.4 is 19.3 Å². The maximum absolute atomic E-state index is 12.5. The number of amides is 1. The number of anilines is 2. The molecule has 4 aliphatic rings. The topological polar surface area (TPSA) is 355 Å². The number of fused-ring (bicyclic) bond motifs is 12. The number of rotatable bonds is 21. The quantitative estimate of drug-likeness (QED) is 0.0383. The largest absolute Gasteiger partial charge is 0.491 e. The zero-order valence-corrected chi connectivity index (χ0v) is 74.1. The number of likely N-dealkylation sites (tertiary alicyclic amines) is 1. The number of nitrogens with one attached hydrogen (secondary N) is 2. The third-order valence-corrected chi connectivity index (χ3v) is 25.3. The van der Waals surface area contributed by atoms with Crippen molar-refractivity contribution in [1.29, 1.82) is 21.0 Å². The molecule has 2 N–H and O–H groups in total. The van der Waals surface area contributed by atoms with Crippen molar-refractivity contribution in [1.82, 2.24) is 73.7 Å². The van der Waals surface area contributed by atoms with Gasteiger partial charge in [0.15, 0.2) is 0 Å². The molecular formula is C89H111N21O9Si2. The summed E-state index contributed by atoms with van der Waals surface area (Å²) >= 11 is 0. The Morgan fingerprint density at radius 3 is 1.51 bits per heavy atom. The van der Waals surface area contributed by atoms with Crippen molar-refractivity contribution < 1.29 is 42.7 Å². The van der Waals surface area contributed by atoms with E-state index in [1.54, 1.807) is 54.2 Å². The molecule has 4 saturated heterocycles. The number of hydrogen-bond donors (Lipinski definition) is 2. The summed E-state index contributed by atoms with van der Waals surface area (Å²) in [4.78, 5) is 77.6. The van der Waals surface area contributed by atoms with Crippen LogP contribution in [0.25, 0.3) is 87.7 Å². The van der Waals surface area contributed by atoms with Crippen LogP contribution in [0.1, 0.15) is 103 Å². The number of hydrogen-bond acceptors (Lipinski definition) is 25. The van der Waals surface area contributed by atoms with Crippen LogP contribution in [0.15, 0.2) is 98.1 Å². The summed E-state index contributed by atoms with van der Waals surface area (Å²) in [7, 11) is -0.320. The van der Waals surface area contributed by atoms with Crippen LogP contribution in [-0.4, -0.2) is 231 Å². The van der Waals surface area contributed by atoms with Gasteiger partial charge in [-0.1, -0.05) is 46.2 Å². The average molecular weight is 1680 g/mol. The zero-order valence-electron chi connectivity index (χ0n) is 72.1. The van der Waals surface area contributed by atoms with E-state index < -0.39 is 27.3 Å². The molecule has 12 aromatic heterocycles. The molecule has 0 bridgehead atoms. The van der Waals surface area contributed by atoms with E-state index in [0.717, 1.165) is 181 Å². The van der Waals surface area contributed by atoms with Gasteiger partial charge in [-0.2, -0.15) is 21.0 Å². The highest BCUT2D eigenvalue weighted by molar-refractivity contribution is 6.76. The van der Waals surface area contributed by atoms with Crippen LogP contribution in [0.3, 0.4) is 0 Å². The normalized spacial score (nSPS) is 16.9. The molecule has 3 atom stereocenters. The zero-order chi connectivity index (χ0) is 85.9. The number of carbonyl (C=O) groups excluding carboxylic acids is 2. The minimum atomic E-state index is -1.20. The molecule has 32 heteroatoms. The molecule has 0 spiro atoms. The number of H-pyrrole nitrogens is 2. The number of likely N-dealkylation sites (N-methyl/N-ethyl adjacent to an activating group) is 2. The van der Waals surface area contributed by atoms with Gasteiger partial charge in [-0.05, 0) is 154 Å². The van der Waals surface area contributed by atoms with Gasteiger partial charge in [0.1, 0.15) is 125 Å². The predicted molar refractivity (Wildman–Crippen MR) is 474 cm³/mol. The van der Waals surface area contributed by atoms with Crippen molar-refractivity contribution in [3.8, 4) is 35.8 Å². The summed E-state index contributed by atoms with van der Waals surface area (Å²) in [6.07, 6.45) is 18.5. The van der Waals surface area contributed by atoms with E-state index in [9.17, 15) is 20.1 Å². The highest BCUT2D eigenvalue weighted by atomic mass is 28.3. The van der Waals surface area contributed by atoms with Gasteiger partial charge < -0.3 is 62.7 Å². The van der Waals surface area contributed by atoms with Gasteiger partial charge in [0.2, 0.25) is 0 Å². The summed E-state index contributed by atoms with van der Waals surface area (Å²) in [5.41, 5.74) is 9.23. The molecular weight excluding hydrogens is 1560 g/mol. The number of aromatic nitrogens is 12. The molecule has 16 rings (SSSR count). The Labute approximate surface area is 707 Å². The Kier molecular flexibility index (Phi) is 27.5. The molecule has 0 aliphatic carbocycles. The van der Waals surface area contributed by atoms with E-state index in [0.29, 0.717) is 101 Å². The Morgan fingerprint density at radius 1 is 0.545 bits per heavy atom. The molecule has 12 aromatic rings. The second-order valence-electron chi connectivity index (χ2n) is 35.8. The maximum Gasteiger partial charge on any atom is 0.410 e. The SMILES string of the molecule is CC(C)(C)OC(=O)C[C@H]1CCCN(c2ccnc3c2c2cc(C#N)ncc2n3COCC[Si](C)(C)C)C1.CC(C)(C)OC(=O)N1CCN(c2ccnc3c2c2cc(C#N)ncc2n3COCC[Si](C)(C)C)CC1.CCN1CCC[C@H]1COc1ccnc2[nH]c3cnc(C#N)cc3c12.CN1CCO[C@@H](COc2ccnc3[nH]c4cnc(C#N)cc4c23)C1. The van der Waals surface area contributed by atoms with Gasteiger partial charge >= 0.3 is 12.1 Å². The van der Waals surface area contributed by atoms with Gasteiger partial charge in [0, 0.05) is 140 Å². The first-order valence-corrected chi connectivity index (χ1v) is 49.2. The number of nitrogens with zero attached hydrogens (tertiary/aromatic N) is 19. The summed E-state index contributed by atoms with van der Waals surface area (Å²) < 4.78 is 45.4. The molecule has 16 heterocycles. The maximum atomic E-state index is 12.5. The Bertz CT molecular complexity index is 5880. The van der Waals surface area contributed by atoms with Crippen LogP contribution >= 0.6 is 0 Å². The molecule has 4 aliphatic heterocycles. The number of nitriles is 4. The molecule has 0 aromatic carbocycles. The number of piperidine rings is 1. The van der Waals surface area contributed by atoms with E-state index in [2.05, 4.69) is 142 Å². The summed E-state index contributed by atoms with van der Waals surface area (Å²) in [5.74, 6) is 1.62. The molecule has 0 radical (unpaired) electrons. The van der Waals surface area contributed by atoms with E-state index in [1.807, 2.05) is 94.9 Å². The van der Waals surface area contributed by atoms with Gasteiger partial charge in [-0.15, -0.1) is 0 Å². The molecule has 0 unspecified atom stereocenters. The molecule has 30 nitrogen and oxygen atoms in total.